The van der Waals surface area contributed by atoms with Crippen LogP contribution in [-0.4, -0.2) is 35.9 Å². The van der Waals surface area contributed by atoms with Crippen LogP contribution in [-0.2, 0) is 16.8 Å². The van der Waals surface area contributed by atoms with Crippen molar-refractivity contribution < 1.29 is 9.84 Å². The molecule has 1 N–H and O–H groups in total. The molecular formula is C15H26N2O2S. The van der Waals surface area contributed by atoms with Crippen LogP contribution in [0.5, 0.6) is 0 Å². The number of thiazole rings is 1. The third-order valence-corrected chi connectivity index (χ3v) is 4.69. The molecule has 0 radical (unpaired) electrons. The Morgan fingerprint density at radius 1 is 1.45 bits per heavy atom. The Morgan fingerprint density at radius 3 is 2.75 bits per heavy atom. The van der Waals surface area contributed by atoms with E-state index in [2.05, 4.69) is 25.7 Å². The minimum absolute atomic E-state index is 0.0259. The molecule has 20 heavy (non-hydrogen) atoms. The fourth-order valence-corrected chi connectivity index (χ4v) is 3.82. The maximum atomic E-state index is 9.56. The van der Waals surface area contributed by atoms with Gasteiger partial charge in [-0.25, -0.2) is 4.98 Å². The zero-order chi connectivity index (χ0) is 14.8. The Balaban J connectivity index is 2.18. The molecule has 0 saturated carbocycles. The quantitative estimate of drug-likeness (QED) is 0.928. The monoisotopic (exact) mass is 298 g/mol. The summed E-state index contributed by atoms with van der Waals surface area (Å²) in [4.78, 5) is 8.10. The minimum Gasteiger partial charge on any atom is -0.391 e. The van der Waals surface area contributed by atoms with E-state index in [1.807, 2.05) is 6.92 Å². The number of rotatable bonds is 4. The highest BCUT2D eigenvalue weighted by Gasteiger charge is 2.27. The van der Waals surface area contributed by atoms with E-state index in [0.29, 0.717) is 6.10 Å². The summed E-state index contributed by atoms with van der Waals surface area (Å²) in [5.74, 6) is 0. The normalized spacial score (nSPS) is 20.4. The van der Waals surface area contributed by atoms with Crippen molar-refractivity contribution in [2.24, 2.45) is 0 Å². The van der Waals surface area contributed by atoms with Crippen molar-refractivity contribution in [2.45, 2.75) is 58.7 Å². The van der Waals surface area contributed by atoms with Gasteiger partial charge in [0.15, 0.2) is 5.13 Å². The van der Waals surface area contributed by atoms with E-state index in [1.54, 1.807) is 11.3 Å². The average molecular weight is 298 g/mol. The maximum absolute atomic E-state index is 9.56. The number of hydrogen-bond acceptors (Lipinski definition) is 5. The fourth-order valence-electron chi connectivity index (χ4n) is 2.65. The van der Waals surface area contributed by atoms with Crippen LogP contribution in [0.25, 0.3) is 0 Å². The van der Waals surface area contributed by atoms with Gasteiger partial charge >= 0.3 is 0 Å². The lowest BCUT2D eigenvalue weighted by Gasteiger charge is -2.32. The molecule has 0 spiro atoms. The molecular weight excluding hydrogens is 272 g/mol. The largest absolute Gasteiger partial charge is 0.391 e. The highest BCUT2D eigenvalue weighted by atomic mass is 32.1. The predicted molar refractivity (Wildman–Crippen MR) is 83.6 cm³/mol. The summed E-state index contributed by atoms with van der Waals surface area (Å²) >= 11 is 1.62. The molecule has 1 fully saturated rings. The van der Waals surface area contributed by atoms with Crippen molar-refractivity contribution in [2.75, 3.05) is 24.6 Å². The third kappa shape index (κ3) is 3.51. The molecule has 1 aromatic heterocycles. The highest BCUT2D eigenvalue weighted by molar-refractivity contribution is 7.15. The van der Waals surface area contributed by atoms with Crippen LogP contribution in [0.2, 0.25) is 0 Å². The van der Waals surface area contributed by atoms with Crippen molar-refractivity contribution in [3.05, 3.63) is 10.6 Å². The number of anilines is 1. The SMILES string of the molecule is CCOC1CCCN(c2nc(C(C)(C)C)c(CO)s2)C1. The van der Waals surface area contributed by atoms with Crippen LogP contribution in [0.15, 0.2) is 0 Å². The van der Waals surface area contributed by atoms with Gasteiger partial charge < -0.3 is 14.7 Å². The van der Waals surface area contributed by atoms with E-state index in [-0.39, 0.29) is 12.0 Å². The standard InChI is InChI=1S/C15H26N2O2S/c1-5-19-11-7-6-8-17(9-11)14-16-13(15(2,3)4)12(10-18)20-14/h11,18H,5-10H2,1-4H3. The number of aliphatic hydroxyl groups excluding tert-OH is 1. The first-order valence-corrected chi connectivity index (χ1v) is 8.25. The van der Waals surface area contributed by atoms with E-state index in [4.69, 9.17) is 9.72 Å². The number of aromatic nitrogens is 1. The second kappa shape index (κ2) is 6.41. The van der Waals surface area contributed by atoms with Crippen molar-refractivity contribution in [1.82, 2.24) is 4.98 Å². The zero-order valence-corrected chi connectivity index (χ0v) is 13.8. The molecule has 1 atom stereocenters. The van der Waals surface area contributed by atoms with Crippen LogP contribution in [0.3, 0.4) is 0 Å². The van der Waals surface area contributed by atoms with Gasteiger partial charge in [0, 0.05) is 25.1 Å². The molecule has 2 heterocycles. The number of ether oxygens (including phenoxy) is 1. The lowest BCUT2D eigenvalue weighted by atomic mass is 9.91. The summed E-state index contributed by atoms with van der Waals surface area (Å²) in [7, 11) is 0. The average Bonchev–Trinajstić information content (AvgIpc) is 2.83. The summed E-state index contributed by atoms with van der Waals surface area (Å²) in [6.07, 6.45) is 2.59. The van der Waals surface area contributed by atoms with Gasteiger partial charge in [-0.05, 0) is 19.8 Å². The predicted octanol–water partition coefficient (Wildman–Crippen LogP) is 2.94. The van der Waals surface area contributed by atoms with Crippen molar-refractivity contribution >= 4 is 16.5 Å². The second-order valence-corrected chi connectivity index (χ2v) is 7.40. The van der Waals surface area contributed by atoms with Gasteiger partial charge in [-0.15, -0.1) is 0 Å². The lowest BCUT2D eigenvalue weighted by molar-refractivity contribution is 0.0526. The van der Waals surface area contributed by atoms with E-state index in [9.17, 15) is 5.11 Å². The molecule has 1 saturated heterocycles. The van der Waals surface area contributed by atoms with Crippen molar-refractivity contribution in [3.8, 4) is 0 Å². The van der Waals surface area contributed by atoms with Gasteiger partial charge in [-0.2, -0.15) is 0 Å². The summed E-state index contributed by atoms with van der Waals surface area (Å²) in [5.41, 5.74) is 1.00. The first kappa shape index (κ1) is 15.7. The highest BCUT2D eigenvalue weighted by Crippen LogP contribution is 2.35. The van der Waals surface area contributed by atoms with E-state index >= 15 is 0 Å². The summed E-state index contributed by atoms with van der Waals surface area (Å²) in [5, 5.41) is 10.6. The number of nitrogens with zero attached hydrogens (tertiary/aromatic N) is 2. The smallest absolute Gasteiger partial charge is 0.185 e. The third-order valence-electron chi connectivity index (χ3n) is 3.59. The molecule has 1 aliphatic rings. The number of piperidine rings is 1. The Morgan fingerprint density at radius 2 is 2.20 bits per heavy atom. The molecule has 1 aromatic rings. The Bertz CT molecular complexity index is 438. The van der Waals surface area contributed by atoms with Gasteiger partial charge in [-0.3, -0.25) is 0 Å². The van der Waals surface area contributed by atoms with Gasteiger partial charge in [0.25, 0.3) is 0 Å². The summed E-state index contributed by atoms with van der Waals surface area (Å²) < 4.78 is 5.75. The van der Waals surface area contributed by atoms with Gasteiger partial charge in [0.05, 0.1) is 23.3 Å². The molecule has 0 amide bonds. The Labute approximate surface area is 125 Å². The van der Waals surface area contributed by atoms with Crippen LogP contribution < -0.4 is 4.90 Å². The van der Waals surface area contributed by atoms with Crippen LogP contribution in [0.1, 0.15) is 51.1 Å². The lowest BCUT2D eigenvalue weighted by Crippen LogP contribution is -2.39. The Kier molecular flexibility index (Phi) is 5.04. The molecule has 1 aliphatic heterocycles. The molecule has 5 heteroatoms. The number of aliphatic hydroxyl groups is 1. The Hall–Kier alpha value is -0.650. The fraction of sp³-hybridized carbons (Fsp3) is 0.800. The second-order valence-electron chi connectivity index (χ2n) is 6.34. The van der Waals surface area contributed by atoms with Gasteiger partial charge in [-0.1, -0.05) is 32.1 Å². The topological polar surface area (TPSA) is 45.6 Å². The molecule has 1 unspecified atom stereocenters. The van der Waals surface area contributed by atoms with Gasteiger partial charge in [0.1, 0.15) is 0 Å². The molecule has 0 aromatic carbocycles. The van der Waals surface area contributed by atoms with E-state index < -0.39 is 0 Å². The maximum Gasteiger partial charge on any atom is 0.185 e. The first-order chi connectivity index (χ1) is 9.45. The summed E-state index contributed by atoms with van der Waals surface area (Å²) in [6, 6.07) is 0. The molecule has 4 nitrogen and oxygen atoms in total. The van der Waals surface area contributed by atoms with E-state index in [1.165, 1.54) is 0 Å². The van der Waals surface area contributed by atoms with Gasteiger partial charge in [0.2, 0.25) is 0 Å². The van der Waals surface area contributed by atoms with Crippen molar-refractivity contribution in [1.29, 1.82) is 0 Å². The zero-order valence-electron chi connectivity index (χ0n) is 13.0. The molecule has 0 aliphatic carbocycles. The first-order valence-electron chi connectivity index (χ1n) is 7.43. The van der Waals surface area contributed by atoms with Crippen LogP contribution in [0, 0.1) is 0 Å². The van der Waals surface area contributed by atoms with Crippen molar-refractivity contribution in [3.63, 3.8) is 0 Å². The minimum atomic E-state index is -0.0259. The van der Waals surface area contributed by atoms with E-state index in [0.717, 1.165) is 48.2 Å². The molecule has 2 rings (SSSR count). The summed E-state index contributed by atoms with van der Waals surface area (Å²) in [6.45, 7) is 11.3. The number of hydrogen-bond donors (Lipinski definition) is 1. The van der Waals surface area contributed by atoms with Crippen LogP contribution in [0.4, 0.5) is 5.13 Å². The molecule has 0 bridgehead atoms. The van der Waals surface area contributed by atoms with Crippen LogP contribution >= 0.6 is 11.3 Å². The molecule has 114 valence electrons.